The number of fused-ring (bicyclic) bond motifs is 1. The normalized spacial score (nSPS) is 12.6. The van der Waals surface area contributed by atoms with E-state index in [4.69, 9.17) is 5.73 Å². The molecule has 1 heterocycles. The Morgan fingerprint density at radius 1 is 1.10 bits per heavy atom. The van der Waals surface area contributed by atoms with Gasteiger partial charge in [-0.1, -0.05) is 30.3 Å². The first-order valence-electron chi connectivity index (χ1n) is 6.51. The van der Waals surface area contributed by atoms with Gasteiger partial charge in [-0.15, -0.1) is 0 Å². The van der Waals surface area contributed by atoms with E-state index in [9.17, 15) is 4.39 Å². The topological polar surface area (TPSA) is 38.9 Å². The SMILES string of the molecule is Cc1ccc(C(N)c2cccc3cnccc23)c(F)c1. The Kier molecular flexibility index (Phi) is 3.20. The minimum Gasteiger partial charge on any atom is -0.320 e. The van der Waals surface area contributed by atoms with Gasteiger partial charge in [0.15, 0.2) is 0 Å². The van der Waals surface area contributed by atoms with Gasteiger partial charge in [-0.3, -0.25) is 4.98 Å². The summed E-state index contributed by atoms with van der Waals surface area (Å²) < 4.78 is 14.1. The van der Waals surface area contributed by atoms with Gasteiger partial charge in [0.25, 0.3) is 0 Å². The molecule has 0 bridgehead atoms. The van der Waals surface area contributed by atoms with Crippen LogP contribution in [0.1, 0.15) is 22.7 Å². The number of aromatic nitrogens is 1. The fourth-order valence-electron chi connectivity index (χ4n) is 2.47. The first-order chi connectivity index (χ1) is 9.66. The molecule has 0 saturated carbocycles. The molecule has 1 unspecified atom stereocenters. The van der Waals surface area contributed by atoms with Crippen molar-refractivity contribution in [3.8, 4) is 0 Å². The number of rotatable bonds is 2. The van der Waals surface area contributed by atoms with E-state index in [0.29, 0.717) is 5.56 Å². The van der Waals surface area contributed by atoms with E-state index < -0.39 is 6.04 Å². The zero-order valence-corrected chi connectivity index (χ0v) is 11.2. The van der Waals surface area contributed by atoms with Crippen molar-refractivity contribution in [2.75, 3.05) is 0 Å². The van der Waals surface area contributed by atoms with Crippen LogP contribution in [0.5, 0.6) is 0 Å². The Morgan fingerprint density at radius 2 is 1.95 bits per heavy atom. The monoisotopic (exact) mass is 266 g/mol. The lowest BCUT2D eigenvalue weighted by Crippen LogP contribution is -2.14. The van der Waals surface area contributed by atoms with Gasteiger partial charge in [0.2, 0.25) is 0 Å². The average Bonchev–Trinajstić information content (AvgIpc) is 2.46. The number of nitrogens with two attached hydrogens (primary N) is 1. The van der Waals surface area contributed by atoms with Crippen molar-refractivity contribution in [2.24, 2.45) is 5.73 Å². The van der Waals surface area contributed by atoms with Crippen molar-refractivity contribution >= 4 is 10.8 Å². The van der Waals surface area contributed by atoms with Crippen molar-refractivity contribution < 1.29 is 4.39 Å². The second-order valence-electron chi connectivity index (χ2n) is 4.95. The van der Waals surface area contributed by atoms with Crippen LogP contribution in [0, 0.1) is 12.7 Å². The van der Waals surface area contributed by atoms with Gasteiger partial charge in [0, 0.05) is 23.3 Å². The molecule has 3 aromatic rings. The summed E-state index contributed by atoms with van der Waals surface area (Å²) in [5, 5.41) is 2.02. The maximum absolute atomic E-state index is 14.1. The molecule has 20 heavy (non-hydrogen) atoms. The summed E-state index contributed by atoms with van der Waals surface area (Å²) in [5.41, 5.74) is 8.59. The Hall–Kier alpha value is -2.26. The Morgan fingerprint density at radius 3 is 2.75 bits per heavy atom. The Labute approximate surface area is 117 Å². The van der Waals surface area contributed by atoms with Crippen LogP contribution < -0.4 is 5.73 Å². The molecule has 1 atom stereocenters. The molecule has 2 aromatic carbocycles. The third kappa shape index (κ3) is 2.17. The van der Waals surface area contributed by atoms with Crippen LogP contribution in [-0.4, -0.2) is 4.98 Å². The predicted molar refractivity (Wildman–Crippen MR) is 78.9 cm³/mol. The van der Waals surface area contributed by atoms with Crippen LogP contribution in [0.25, 0.3) is 10.8 Å². The maximum atomic E-state index is 14.1. The average molecular weight is 266 g/mol. The molecule has 0 spiro atoms. The van der Waals surface area contributed by atoms with Gasteiger partial charge in [0.1, 0.15) is 5.82 Å². The van der Waals surface area contributed by atoms with Crippen molar-refractivity contribution in [1.29, 1.82) is 0 Å². The number of aryl methyl sites for hydroxylation is 1. The summed E-state index contributed by atoms with van der Waals surface area (Å²) in [6.45, 7) is 1.86. The first kappa shape index (κ1) is 12.8. The van der Waals surface area contributed by atoms with Crippen LogP contribution in [0.4, 0.5) is 4.39 Å². The quantitative estimate of drug-likeness (QED) is 0.767. The summed E-state index contributed by atoms with van der Waals surface area (Å²) >= 11 is 0. The smallest absolute Gasteiger partial charge is 0.128 e. The molecule has 0 fully saturated rings. The standard InChI is InChI=1S/C17H15FN2/c1-11-5-6-15(16(18)9-11)17(19)14-4-2-3-12-10-20-8-7-13(12)14/h2-10,17H,19H2,1H3. The van der Waals surface area contributed by atoms with E-state index in [1.165, 1.54) is 6.07 Å². The summed E-state index contributed by atoms with van der Waals surface area (Å²) in [5.74, 6) is -0.261. The molecular formula is C17H15FN2. The van der Waals surface area contributed by atoms with Gasteiger partial charge >= 0.3 is 0 Å². The maximum Gasteiger partial charge on any atom is 0.128 e. The molecule has 0 saturated heterocycles. The molecule has 0 aliphatic carbocycles. The van der Waals surface area contributed by atoms with Crippen molar-refractivity contribution in [3.63, 3.8) is 0 Å². The number of hydrogen-bond acceptors (Lipinski definition) is 2. The zero-order chi connectivity index (χ0) is 14.1. The fraction of sp³-hybridized carbons (Fsp3) is 0.118. The lowest BCUT2D eigenvalue weighted by atomic mass is 9.94. The van der Waals surface area contributed by atoms with Gasteiger partial charge in [0.05, 0.1) is 6.04 Å². The molecule has 100 valence electrons. The van der Waals surface area contributed by atoms with E-state index in [-0.39, 0.29) is 5.82 Å². The molecule has 0 aliphatic rings. The van der Waals surface area contributed by atoms with E-state index in [1.54, 1.807) is 18.5 Å². The van der Waals surface area contributed by atoms with Gasteiger partial charge < -0.3 is 5.73 Å². The minimum absolute atomic E-state index is 0.261. The van der Waals surface area contributed by atoms with Crippen LogP contribution >= 0.6 is 0 Å². The second kappa shape index (κ2) is 5.02. The molecule has 2 N–H and O–H groups in total. The van der Waals surface area contributed by atoms with E-state index >= 15 is 0 Å². The van der Waals surface area contributed by atoms with Crippen LogP contribution in [0.15, 0.2) is 54.9 Å². The fourth-order valence-corrected chi connectivity index (χ4v) is 2.47. The number of benzene rings is 2. The Bertz CT molecular complexity index is 763. The van der Waals surface area contributed by atoms with E-state index in [1.807, 2.05) is 37.3 Å². The number of hydrogen-bond donors (Lipinski definition) is 1. The van der Waals surface area contributed by atoms with Crippen molar-refractivity contribution in [1.82, 2.24) is 4.98 Å². The highest BCUT2D eigenvalue weighted by Crippen LogP contribution is 2.28. The highest BCUT2D eigenvalue weighted by atomic mass is 19.1. The molecular weight excluding hydrogens is 251 g/mol. The van der Waals surface area contributed by atoms with Crippen molar-refractivity contribution in [2.45, 2.75) is 13.0 Å². The van der Waals surface area contributed by atoms with Crippen LogP contribution in [-0.2, 0) is 0 Å². The molecule has 3 heteroatoms. The lowest BCUT2D eigenvalue weighted by molar-refractivity contribution is 0.599. The number of halogens is 1. The first-order valence-corrected chi connectivity index (χ1v) is 6.51. The summed E-state index contributed by atoms with van der Waals surface area (Å²) in [4.78, 5) is 4.10. The molecule has 0 amide bonds. The summed E-state index contributed by atoms with van der Waals surface area (Å²) in [7, 11) is 0. The van der Waals surface area contributed by atoms with Crippen molar-refractivity contribution in [3.05, 3.63) is 77.4 Å². The Balaban J connectivity index is 2.15. The molecule has 0 aliphatic heterocycles. The molecule has 0 radical (unpaired) electrons. The lowest BCUT2D eigenvalue weighted by Gasteiger charge is -2.16. The zero-order valence-electron chi connectivity index (χ0n) is 11.2. The third-order valence-corrected chi connectivity index (χ3v) is 3.54. The van der Waals surface area contributed by atoms with Gasteiger partial charge in [-0.2, -0.15) is 0 Å². The number of pyridine rings is 1. The highest BCUT2D eigenvalue weighted by Gasteiger charge is 2.15. The van der Waals surface area contributed by atoms with E-state index in [0.717, 1.165) is 21.9 Å². The van der Waals surface area contributed by atoms with E-state index in [2.05, 4.69) is 4.98 Å². The molecule has 1 aromatic heterocycles. The minimum atomic E-state index is -0.485. The highest BCUT2D eigenvalue weighted by molar-refractivity contribution is 5.85. The number of nitrogens with zero attached hydrogens (tertiary/aromatic N) is 1. The van der Waals surface area contributed by atoms with Gasteiger partial charge in [-0.05, 0) is 35.6 Å². The predicted octanol–water partition coefficient (Wildman–Crippen LogP) is 3.73. The third-order valence-electron chi connectivity index (χ3n) is 3.54. The molecule has 2 nitrogen and oxygen atoms in total. The largest absolute Gasteiger partial charge is 0.320 e. The second-order valence-corrected chi connectivity index (χ2v) is 4.95. The summed E-state index contributed by atoms with van der Waals surface area (Å²) in [6.07, 6.45) is 3.51. The molecule has 3 rings (SSSR count). The van der Waals surface area contributed by atoms with Crippen LogP contribution in [0.3, 0.4) is 0 Å². The van der Waals surface area contributed by atoms with Gasteiger partial charge in [-0.25, -0.2) is 4.39 Å². The van der Waals surface area contributed by atoms with Crippen LogP contribution in [0.2, 0.25) is 0 Å². The summed E-state index contributed by atoms with van der Waals surface area (Å²) in [6, 6.07) is 12.4.